The van der Waals surface area contributed by atoms with E-state index in [1.165, 1.54) is 26.0 Å². The molecule has 1 aromatic carbocycles. The molecule has 0 aliphatic carbocycles. The highest BCUT2D eigenvalue weighted by Crippen LogP contribution is 2.36. The summed E-state index contributed by atoms with van der Waals surface area (Å²) in [7, 11) is 0. The number of pyridine rings is 1. The van der Waals surface area contributed by atoms with Crippen LogP contribution in [-0.4, -0.2) is 21.9 Å². The number of halogens is 4. The topological polar surface area (TPSA) is 82.8 Å². The molecule has 0 aliphatic heterocycles. The third-order valence-electron chi connectivity index (χ3n) is 3.87. The zero-order valence-electron chi connectivity index (χ0n) is 15.5. The van der Waals surface area contributed by atoms with Gasteiger partial charge in [0.25, 0.3) is 0 Å². The molecule has 0 aliphatic rings. The number of ketones is 1. The number of aromatic nitrogens is 1. The Hall–Kier alpha value is -2.57. The maximum Gasteiger partial charge on any atom is 0.417 e. The van der Waals surface area contributed by atoms with E-state index >= 15 is 0 Å². The first-order valence-corrected chi connectivity index (χ1v) is 9.46. The van der Waals surface area contributed by atoms with Gasteiger partial charge < -0.3 is 5.32 Å². The Morgan fingerprint density at radius 2 is 1.97 bits per heavy atom. The van der Waals surface area contributed by atoms with Crippen molar-refractivity contribution in [2.24, 2.45) is 0 Å². The standard InChI is InChI=1S/C19H15ClF3N3O2S/c1-9-14(10(2)27)6-12(8-24)18(25-9)29-11(3)17(28)26-13-4-5-16(20)15(7-13)19(21,22)23/h4-7,11H,1-3H3,(H,26,28)/t11-/m0/s1. The number of hydrogen-bond donors (Lipinski definition) is 1. The van der Waals surface area contributed by atoms with E-state index < -0.39 is 27.9 Å². The lowest BCUT2D eigenvalue weighted by Gasteiger charge is -2.15. The molecule has 10 heteroatoms. The summed E-state index contributed by atoms with van der Waals surface area (Å²) in [4.78, 5) is 28.2. The maximum atomic E-state index is 13.0. The Morgan fingerprint density at radius 3 is 2.52 bits per heavy atom. The number of benzene rings is 1. The number of anilines is 1. The summed E-state index contributed by atoms with van der Waals surface area (Å²) in [5.41, 5.74) is -0.254. The summed E-state index contributed by atoms with van der Waals surface area (Å²) < 4.78 is 38.9. The van der Waals surface area contributed by atoms with Crippen LogP contribution in [-0.2, 0) is 11.0 Å². The van der Waals surface area contributed by atoms with Crippen LogP contribution in [0.25, 0.3) is 0 Å². The van der Waals surface area contributed by atoms with Gasteiger partial charge in [0.05, 0.1) is 21.4 Å². The molecule has 1 N–H and O–H groups in total. The van der Waals surface area contributed by atoms with E-state index in [1.54, 1.807) is 6.92 Å². The van der Waals surface area contributed by atoms with Gasteiger partial charge in [0.15, 0.2) is 5.78 Å². The lowest BCUT2D eigenvalue weighted by atomic mass is 10.1. The first-order chi connectivity index (χ1) is 13.4. The predicted molar refractivity (Wildman–Crippen MR) is 104 cm³/mol. The number of hydrogen-bond acceptors (Lipinski definition) is 5. The summed E-state index contributed by atoms with van der Waals surface area (Å²) in [5.74, 6) is -0.818. The Balaban J connectivity index is 2.21. The van der Waals surface area contributed by atoms with E-state index in [4.69, 9.17) is 11.6 Å². The lowest BCUT2D eigenvalue weighted by Crippen LogP contribution is -2.23. The fourth-order valence-electron chi connectivity index (χ4n) is 2.39. The number of alkyl halides is 3. The second-order valence-corrected chi connectivity index (χ2v) is 7.82. The van der Waals surface area contributed by atoms with Gasteiger partial charge in [-0.3, -0.25) is 9.59 Å². The van der Waals surface area contributed by atoms with Gasteiger partial charge in [0, 0.05) is 16.9 Å². The molecule has 0 saturated heterocycles. The molecular formula is C19H15ClF3N3O2S. The quantitative estimate of drug-likeness (QED) is 0.505. The van der Waals surface area contributed by atoms with Crippen LogP contribution in [0.5, 0.6) is 0 Å². The van der Waals surface area contributed by atoms with Crippen molar-refractivity contribution in [2.75, 3.05) is 5.32 Å². The Bertz CT molecular complexity index is 1020. The largest absolute Gasteiger partial charge is 0.417 e. The average Bonchev–Trinajstić information content (AvgIpc) is 2.62. The Labute approximate surface area is 174 Å². The molecule has 0 unspecified atom stereocenters. The second-order valence-electron chi connectivity index (χ2n) is 6.08. The molecule has 0 saturated carbocycles. The molecule has 2 rings (SSSR count). The van der Waals surface area contributed by atoms with Crippen molar-refractivity contribution in [1.82, 2.24) is 4.98 Å². The van der Waals surface area contributed by atoms with Gasteiger partial charge in [-0.15, -0.1) is 0 Å². The highest BCUT2D eigenvalue weighted by Gasteiger charge is 2.33. The van der Waals surface area contributed by atoms with Crippen molar-refractivity contribution in [3.63, 3.8) is 0 Å². The van der Waals surface area contributed by atoms with Crippen LogP contribution >= 0.6 is 23.4 Å². The van der Waals surface area contributed by atoms with E-state index in [9.17, 15) is 28.0 Å². The molecule has 0 fully saturated rings. The molecule has 1 heterocycles. The van der Waals surface area contributed by atoms with E-state index in [0.29, 0.717) is 11.3 Å². The van der Waals surface area contributed by atoms with Crippen molar-refractivity contribution in [3.05, 3.63) is 51.7 Å². The van der Waals surface area contributed by atoms with E-state index in [-0.39, 0.29) is 22.1 Å². The van der Waals surface area contributed by atoms with Gasteiger partial charge in [-0.2, -0.15) is 18.4 Å². The number of carbonyl (C=O) groups is 2. The van der Waals surface area contributed by atoms with Crippen molar-refractivity contribution in [2.45, 2.75) is 37.2 Å². The number of Topliss-reactive ketones (excluding diaryl/α,β-unsaturated/α-hetero) is 1. The van der Waals surface area contributed by atoms with Crippen LogP contribution < -0.4 is 5.32 Å². The van der Waals surface area contributed by atoms with Crippen molar-refractivity contribution in [1.29, 1.82) is 5.26 Å². The van der Waals surface area contributed by atoms with E-state index in [0.717, 1.165) is 23.9 Å². The van der Waals surface area contributed by atoms with Crippen LogP contribution in [0, 0.1) is 18.3 Å². The number of nitrogens with one attached hydrogen (secondary N) is 1. The van der Waals surface area contributed by atoms with E-state index in [1.807, 2.05) is 6.07 Å². The summed E-state index contributed by atoms with van der Waals surface area (Å²) in [6.07, 6.45) is -4.65. The number of carbonyl (C=O) groups excluding carboxylic acids is 2. The highest BCUT2D eigenvalue weighted by atomic mass is 35.5. The summed E-state index contributed by atoms with van der Waals surface area (Å²) in [6, 6.07) is 6.41. The normalized spacial score (nSPS) is 12.2. The molecule has 0 bridgehead atoms. The van der Waals surface area contributed by atoms with Gasteiger partial charge in [0.1, 0.15) is 11.1 Å². The third-order valence-corrected chi connectivity index (χ3v) is 5.31. The van der Waals surface area contributed by atoms with Crippen LogP contribution in [0.3, 0.4) is 0 Å². The first-order valence-electron chi connectivity index (χ1n) is 8.21. The number of nitrogens with zero attached hydrogens (tertiary/aromatic N) is 2. The number of nitriles is 1. The SMILES string of the molecule is CC(=O)c1cc(C#N)c(S[C@@H](C)C(=O)Nc2ccc(Cl)c(C(F)(F)F)c2)nc1C. The smallest absolute Gasteiger partial charge is 0.325 e. The van der Waals surface area contributed by atoms with Crippen molar-refractivity contribution < 1.29 is 22.8 Å². The molecule has 1 aromatic heterocycles. The minimum absolute atomic E-state index is 0.0595. The molecule has 152 valence electrons. The molecule has 29 heavy (non-hydrogen) atoms. The van der Waals surface area contributed by atoms with Gasteiger partial charge in [-0.25, -0.2) is 4.98 Å². The third kappa shape index (κ3) is 5.49. The second kappa shape index (κ2) is 8.84. The van der Waals surface area contributed by atoms with Gasteiger partial charge in [-0.1, -0.05) is 23.4 Å². The number of thioether (sulfide) groups is 1. The zero-order valence-corrected chi connectivity index (χ0v) is 17.1. The van der Waals surface area contributed by atoms with Gasteiger partial charge in [0.2, 0.25) is 5.91 Å². The number of amides is 1. The summed E-state index contributed by atoms with van der Waals surface area (Å²) in [5, 5.41) is 10.7. The Kier molecular flexibility index (Phi) is 6.93. The van der Waals surface area contributed by atoms with Gasteiger partial charge in [-0.05, 0) is 45.0 Å². The predicted octanol–water partition coefficient (Wildman–Crippen LogP) is 5.26. The molecule has 2 aromatic rings. The van der Waals surface area contributed by atoms with Crippen molar-refractivity contribution in [3.8, 4) is 6.07 Å². The molecule has 0 radical (unpaired) electrons. The first kappa shape index (κ1) is 22.7. The maximum absolute atomic E-state index is 13.0. The lowest BCUT2D eigenvalue weighted by molar-refractivity contribution is -0.137. The molecule has 1 atom stereocenters. The fourth-order valence-corrected chi connectivity index (χ4v) is 3.54. The highest BCUT2D eigenvalue weighted by molar-refractivity contribution is 8.00. The van der Waals surface area contributed by atoms with Crippen molar-refractivity contribution >= 4 is 40.7 Å². The minimum atomic E-state index is -4.65. The molecule has 1 amide bonds. The van der Waals surface area contributed by atoms with Crippen LogP contribution in [0.4, 0.5) is 18.9 Å². The van der Waals surface area contributed by atoms with Crippen LogP contribution in [0.1, 0.15) is 41.0 Å². The zero-order chi connectivity index (χ0) is 21.9. The Morgan fingerprint density at radius 1 is 1.31 bits per heavy atom. The minimum Gasteiger partial charge on any atom is -0.325 e. The number of aryl methyl sites for hydroxylation is 1. The number of rotatable bonds is 5. The fraction of sp³-hybridized carbons (Fsp3) is 0.263. The summed E-state index contributed by atoms with van der Waals surface area (Å²) >= 11 is 6.54. The average molecular weight is 442 g/mol. The summed E-state index contributed by atoms with van der Waals surface area (Å²) in [6.45, 7) is 4.49. The van der Waals surface area contributed by atoms with Crippen LogP contribution in [0.2, 0.25) is 5.02 Å². The molecule has 0 spiro atoms. The monoisotopic (exact) mass is 441 g/mol. The van der Waals surface area contributed by atoms with Gasteiger partial charge >= 0.3 is 6.18 Å². The van der Waals surface area contributed by atoms with E-state index in [2.05, 4.69) is 10.3 Å². The molecular weight excluding hydrogens is 427 g/mol. The van der Waals surface area contributed by atoms with Crippen LogP contribution in [0.15, 0.2) is 29.3 Å². The molecule has 5 nitrogen and oxygen atoms in total.